The van der Waals surface area contributed by atoms with Crippen LogP contribution in [0.4, 0.5) is 35.1 Å². The molecule has 8 nitrogen and oxygen atoms in total. The zero-order valence-electron chi connectivity index (χ0n) is 26.8. The number of halogens is 8. The molecule has 16 heteroatoms. The quantitative estimate of drug-likeness (QED) is 0.0775. The summed E-state index contributed by atoms with van der Waals surface area (Å²) in [6, 6.07) is 17.8. The maximum absolute atomic E-state index is 14.0. The summed E-state index contributed by atoms with van der Waals surface area (Å²) in [6.45, 7) is 7.62. The molecule has 6 aromatic rings. The van der Waals surface area contributed by atoms with Gasteiger partial charge in [0.25, 0.3) is 0 Å². The van der Waals surface area contributed by atoms with E-state index in [2.05, 4.69) is 25.0 Å². The Labute approximate surface area is 299 Å². The maximum atomic E-state index is 14.0. The van der Waals surface area contributed by atoms with Gasteiger partial charge in [0.2, 0.25) is 11.9 Å². The van der Waals surface area contributed by atoms with E-state index in [0.717, 1.165) is 48.5 Å². The molecule has 2 aromatic heterocycles. The molecule has 0 saturated carbocycles. The first-order chi connectivity index (χ1) is 25.8. The van der Waals surface area contributed by atoms with Crippen molar-refractivity contribution in [3.8, 4) is 51.2 Å². The van der Waals surface area contributed by atoms with E-state index in [1.165, 1.54) is 48.5 Å². The van der Waals surface area contributed by atoms with E-state index in [4.69, 9.17) is 16.5 Å². The molecule has 0 spiro atoms. The smallest absolute Gasteiger partial charge is 0.241 e. The lowest BCUT2D eigenvalue weighted by Gasteiger charge is -2.22. The van der Waals surface area contributed by atoms with Gasteiger partial charge in [-0.2, -0.15) is 43.2 Å². The lowest BCUT2D eigenvalue weighted by Crippen LogP contribution is -2.29. The molecule has 0 N–H and O–H groups in total. The van der Waals surface area contributed by atoms with Crippen molar-refractivity contribution in [1.82, 2.24) is 19.9 Å². The number of aliphatic imine (C=N–C) groups is 1. The van der Waals surface area contributed by atoms with Crippen LogP contribution in [-0.2, 0) is 12.4 Å². The van der Waals surface area contributed by atoms with Gasteiger partial charge in [-0.25, -0.2) is 28.7 Å². The highest BCUT2D eigenvalue weighted by Gasteiger charge is 2.38. The molecule has 0 fully saturated rings. The van der Waals surface area contributed by atoms with Gasteiger partial charge in [-0.05, 0) is 72.8 Å². The maximum Gasteiger partial charge on any atom is 0.416 e. The Bertz CT molecular complexity index is 2400. The van der Waals surface area contributed by atoms with Crippen molar-refractivity contribution in [3.05, 3.63) is 154 Å². The molecule has 0 amide bonds. The van der Waals surface area contributed by atoms with Crippen LogP contribution in [0.5, 0.6) is 0 Å². The van der Waals surface area contributed by atoms with E-state index in [-0.39, 0.29) is 68.1 Å². The summed E-state index contributed by atoms with van der Waals surface area (Å²) in [7, 11) is 0. The molecule has 0 saturated heterocycles. The van der Waals surface area contributed by atoms with Crippen LogP contribution in [0.25, 0.3) is 50.0 Å². The first-order valence-corrected chi connectivity index (χ1v) is 15.4. The minimum atomic E-state index is -4.69. The molecule has 0 bridgehead atoms. The van der Waals surface area contributed by atoms with Gasteiger partial charge >= 0.3 is 12.4 Å². The zero-order valence-corrected chi connectivity index (χ0v) is 26.8. The van der Waals surface area contributed by atoms with Crippen molar-refractivity contribution >= 4 is 11.4 Å². The lowest BCUT2D eigenvalue weighted by molar-refractivity contribution is -0.138. The zero-order chi connectivity index (χ0) is 38.4. The molecule has 4 aromatic carbocycles. The highest BCUT2D eigenvalue weighted by molar-refractivity contribution is 6.29. The van der Waals surface area contributed by atoms with Crippen molar-refractivity contribution in [2.45, 2.75) is 12.4 Å². The Hall–Kier alpha value is -7.20. The van der Waals surface area contributed by atoms with Crippen molar-refractivity contribution in [2.24, 2.45) is 10.1 Å². The molecule has 7 rings (SSSR count). The number of fused-ring (bicyclic) bond motifs is 2. The van der Waals surface area contributed by atoms with Gasteiger partial charge < -0.3 is 0 Å². The standard InChI is InChI=1S/C38H16F8N8/c1-48-54-36-34-32(50-27(19-2-10-23(11-3-19)37(41,42)43)28(52-34)20-4-12-24(13-5-20)38(44,45)46)31(49-18-47)33-35(36)53-30(22-8-16-26(40)17-9-22)29(51-33)21-6-14-25(39)15-7-21/h2-17H/b49-31?,54-36+. The summed E-state index contributed by atoms with van der Waals surface area (Å²) in [6.07, 6.45) is -7.71. The SMILES string of the molecule is [C-]#[N+]/N=C1/c2nc(-c3ccc(F)cc3)c(-c3ccc(F)cc3)nc2C(=NC#N)c2nc(-c3ccc(C(F)(F)F)cc3)c(-c3ccc(C(F)(F)F)cc3)nc21. The van der Waals surface area contributed by atoms with Crippen LogP contribution in [0.3, 0.4) is 0 Å². The van der Waals surface area contributed by atoms with Crippen molar-refractivity contribution in [3.63, 3.8) is 0 Å². The normalized spacial score (nSPS) is 14.0. The Balaban J connectivity index is 1.54. The van der Waals surface area contributed by atoms with Crippen LogP contribution in [0, 0.1) is 29.7 Å². The van der Waals surface area contributed by atoms with Gasteiger partial charge in [-0.15, -0.1) is 4.95 Å². The highest BCUT2D eigenvalue weighted by Crippen LogP contribution is 2.39. The third-order valence-electron chi connectivity index (χ3n) is 8.21. The fourth-order valence-electron chi connectivity index (χ4n) is 5.71. The molecule has 0 atom stereocenters. The first kappa shape index (κ1) is 35.2. The van der Waals surface area contributed by atoms with E-state index >= 15 is 0 Å². The van der Waals surface area contributed by atoms with Crippen molar-refractivity contribution < 1.29 is 35.1 Å². The van der Waals surface area contributed by atoms with E-state index in [9.17, 15) is 40.4 Å². The molecular weight excluding hydrogens is 720 g/mol. The Kier molecular flexibility index (Phi) is 8.74. The minimum Gasteiger partial charge on any atom is -0.241 e. The van der Waals surface area contributed by atoms with Gasteiger partial charge in [0.1, 0.15) is 40.1 Å². The molecule has 2 heterocycles. The molecular formula is C38H16F8N8. The predicted molar refractivity (Wildman–Crippen MR) is 179 cm³/mol. The van der Waals surface area contributed by atoms with E-state index in [1.54, 1.807) is 6.19 Å². The third kappa shape index (κ3) is 6.52. The number of benzene rings is 4. The van der Waals surface area contributed by atoms with Crippen LogP contribution in [0.2, 0.25) is 0 Å². The van der Waals surface area contributed by atoms with Gasteiger partial charge in [0.05, 0.1) is 39.0 Å². The monoisotopic (exact) mass is 736 g/mol. The van der Waals surface area contributed by atoms with Crippen LogP contribution < -0.4 is 0 Å². The minimum absolute atomic E-state index is 0.0590. The molecule has 1 aliphatic rings. The summed E-state index contributed by atoms with van der Waals surface area (Å²) < 4.78 is 109. The highest BCUT2D eigenvalue weighted by atomic mass is 19.4. The number of alkyl halides is 6. The van der Waals surface area contributed by atoms with E-state index < -0.39 is 35.1 Å². The second-order valence-corrected chi connectivity index (χ2v) is 11.5. The number of hydrogen-bond acceptors (Lipinski definition) is 7. The molecule has 264 valence electrons. The van der Waals surface area contributed by atoms with Crippen LogP contribution in [0.1, 0.15) is 33.9 Å². The van der Waals surface area contributed by atoms with E-state index in [0.29, 0.717) is 11.1 Å². The van der Waals surface area contributed by atoms with Crippen molar-refractivity contribution in [1.29, 1.82) is 5.26 Å². The number of aromatic nitrogens is 4. The average Bonchev–Trinajstić information content (AvgIpc) is 3.15. The number of rotatable bonds is 4. The largest absolute Gasteiger partial charge is 0.416 e. The van der Waals surface area contributed by atoms with Crippen LogP contribution in [-0.4, -0.2) is 31.4 Å². The molecule has 1 aliphatic carbocycles. The third-order valence-corrected chi connectivity index (χ3v) is 8.21. The summed E-state index contributed by atoms with van der Waals surface area (Å²) in [5.41, 5.74) is -2.32. The van der Waals surface area contributed by atoms with E-state index in [1.807, 2.05) is 0 Å². The summed E-state index contributed by atoms with van der Waals surface area (Å²) in [5.74, 6) is -1.12. The predicted octanol–water partition coefficient (Wildman–Crippen LogP) is 9.55. The summed E-state index contributed by atoms with van der Waals surface area (Å²) in [5, 5.41) is 13.8. The van der Waals surface area contributed by atoms with Gasteiger partial charge in [0.15, 0.2) is 0 Å². The Morgan fingerprint density at radius 3 is 1.06 bits per heavy atom. The fraction of sp³-hybridized carbons (Fsp3) is 0.0526. The first-order valence-electron chi connectivity index (χ1n) is 15.4. The van der Waals surface area contributed by atoms with Gasteiger partial charge in [-0.3, -0.25) is 0 Å². The summed E-state index contributed by atoms with van der Waals surface area (Å²) >= 11 is 0. The second-order valence-electron chi connectivity index (χ2n) is 11.5. The van der Waals surface area contributed by atoms with Crippen molar-refractivity contribution in [2.75, 3.05) is 0 Å². The summed E-state index contributed by atoms with van der Waals surface area (Å²) in [4.78, 5) is 26.0. The van der Waals surface area contributed by atoms with Crippen LogP contribution in [0.15, 0.2) is 107 Å². The second kappa shape index (κ2) is 13.4. The van der Waals surface area contributed by atoms with Crippen LogP contribution >= 0.6 is 0 Å². The topological polar surface area (TPSA) is 104 Å². The number of nitrogens with zero attached hydrogens (tertiary/aromatic N) is 8. The van der Waals surface area contributed by atoms with Gasteiger partial charge in [-0.1, -0.05) is 24.3 Å². The lowest BCUT2D eigenvalue weighted by atomic mass is 9.92. The average molecular weight is 737 g/mol. The molecule has 0 aliphatic heterocycles. The molecule has 0 unspecified atom stereocenters. The molecule has 0 radical (unpaired) electrons. The number of nitriles is 1. The number of hydrogen-bond donors (Lipinski definition) is 0. The Morgan fingerprint density at radius 2 is 0.778 bits per heavy atom. The van der Waals surface area contributed by atoms with Gasteiger partial charge in [0, 0.05) is 22.3 Å². The molecule has 54 heavy (non-hydrogen) atoms. The Morgan fingerprint density at radius 1 is 0.481 bits per heavy atom. The fourth-order valence-corrected chi connectivity index (χ4v) is 5.71.